The number of halogens is 3. The van der Waals surface area contributed by atoms with Crippen LogP contribution in [0.5, 0.6) is 0 Å². The Kier molecular flexibility index (Phi) is 2.90. The lowest BCUT2D eigenvalue weighted by atomic mass is 10.0. The van der Waals surface area contributed by atoms with Crippen molar-refractivity contribution in [3.8, 4) is 0 Å². The fourth-order valence-corrected chi connectivity index (χ4v) is 1.94. The number of fused-ring (bicyclic) bond motifs is 1. The smallest absolute Gasteiger partial charge is 0.408 e. The normalized spacial score (nSPS) is 11.0. The fraction of sp³-hybridized carbons (Fsp3) is 0. The molecule has 0 atom stereocenters. The molecule has 1 aromatic heterocycles. The Labute approximate surface area is 114 Å². The summed E-state index contributed by atoms with van der Waals surface area (Å²) in [5.74, 6) is -6.20. The van der Waals surface area contributed by atoms with Crippen LogP contribution in [0.2, 0.25) is 0 Å². The maximum Gasteiger partial charge on any atom is 0.417 e. The van der Waals surface area contributed by atoms with Gasteiger partial charge in [0.2, 0.25) is 0 Å². The van der Waals surface area contributed by atoms with E-state index in [4.69, 9.17) is 4.42 Å². The lowest BCUT2D eigenvalue weighted by Crippen LogP contribution is -2.07. The number of oxazole rings is 1. The van der Waals surface area contributed by atoms with Gasteiger partial charge in [-0.15, -0.1) is 0 Å². The Morgan fingerprint density at radius 1 is 1.05 bits per heavy atom. The SMILES string of the molecule is O=C(c1ccc2[nH]c(=O)oc2c1)c1ccc(F)c(F)c1F. The first-order valence-electron chi connectivity index (χ1n) is 5.78. The third-order valence-corrected chi connectivity index (χ3v) is 2.96. The first-order valence-corrected chi connectivity index (χ1v) is 5.78. The van der Waals surface area contributed by atoms with Crippen LogP contribution >= 0.6 is 0 Å². The van der Waals surface area contributed by atoms with Gasteiger partial charge in [-0.05, 0) is 30.3 Å². The lowest BCUT2D eigenvalue weighted by molar-refractivity contribution is 0.103. The van der Waals surface area contributed by atoms with E-state index in [1.807, 2.05) is 0 Å². The summed E-state index contributed by atoms with van der Waals surface area (Å²) in [6.45, 7) is 0. The van der Waals surface area contributed by atoms with Crippen molar-refractivity contribution in [1.82, 2.24) is 4.98 Å². The van der Waals surface area contributed by atoms with Crippen LogP contribution in [0.4, 0.5) is 13.2 Å². The van der Waals surface area contributed by atoms with Gasteiger partial charge >= 0.3 is 5.76 Å². The van der Waals surface area contributed by atoms with Gasteiger partial charge in [0.05, 0.1) is 11.1 Å². The van der Waals surface area contributed by atoms with E-state index in [2.05, 4.69) is 4.98 Å². The van der Waals surface area contributed by atoms with Crippen LogP contribution in [-0.2, 0) is 0 Å². The van der Waals surface area contributed by atoms with Crippen LogP contribution in [-0.4, -0.2) is 10.8 Å². The van der Waals surface area contributed by atoms with E-state index in [1.165, 1.54) is 18.2 Å². The second-order valence-electron chi connectivity index (χ2n) is 4.28. The van der Waals surface area contributed by atoms with Crippen molar-refractivity contribution in [2.45, 2.75) is 0 Å². The van der Waals surface area contributed by atoms with Crippen LogP contribution in [0.25, 0.3) is 11.1 Å². The number of carbonyl (C=O) groups excluding carboxylic acids is 1. The van der Waals surface area contributed by atoms with Crippen LogP contribution < -0.4 is 5.76 Å². The Morgan fingerprint density at radius 2 is 1.81 bits per heavy atom. The third kappa shape index (κ3) is 2.12. The van der Waals surface area contributed by atoms with E-state index in [0.29, 0.717) is 11.6 Å². The monoisotopic (exact) mass is 293 g/mol. The van der Waals surface area contributed by atoms with Gasteiger partial charge in [0.25, 0.3) is 0 Å². The zero-order valence-corrected chi connectivity index (χ0v) is 10.2. The highest BCUT2D eigenvalue weighted by Crippen LogP contribution is 2.20. The Balaban J connectivity index is 2.12. The van der Waals surface area contributed by atoms with Gasteiger partial charge < -0.3 is 4.42 Å². The highest BCUT2D eigenvalue weighted by molar-refractivity contribution is 6.10. The molecule has 0 spiro atoms. The van der Waals surface area contributed by atoms with E-state index >= 15 is 0 Å². The van der Waals surface area contributed by atoms with Crippen molar-refractivity contribution in [3.63, 3.8) is 0 Å². The summed E-state index contributed by atoms with van der Waals surface area (Å²) in [7, 11) is 0. The molecule has 0 aliphatic carbocycles. The number of ketones is 1. The molecule has 7 heteroatoms. The average molecular weight is 293 g/mol. The van der Waals surface area contributed by atoms with Gasteiger partial charge in [0.1, 0.15) is 0 Å². The minimum absolute atomic E-state index is 0.0184. The standard InChI is InChI=1S/C14H6F3NO3/c15-8-3-2-7(11(16)12(8)17)13(19)6-1-4-9-10(5-6)21-14(20)18-9/h1-5H,(H,18,20). The molecule has 3 aromatic rings. The van der Waals surface area contributed by atoms with Gasteiger partial charge in [-0.2, -0.15) is 0 Å². The molecule has 0 aliphatic heterocycles. The molecule has 0 bridgehead atoms. The van der Waals surface area contributed by atoms with Crippen LogP contribution in [0.3, 0.4) is 0 Å². The molecule has 4 nitrogen and oxygen atoms in total. The van der Waals surface area contributed by atoms with E-state index in [1.54, 1.807) is 0 Å². The van der Waals surface area contributed by atoms with Gasteiger partial charge in [-0.1, -0.05) is 0 Å². The number of H-pyrrole nitrogens is 1. The Bertz CT molecular complexity index is 927. The molecule has 0 saturated heterocycles. The second kappa shape index (κ2) is 4.62. The highest BCUT2D eigenvalue weighted by atomic mass is 19.2. The first kappa shape index (κ1) is 13.2. The van der Waals surface area contributed by atoms with Crippen molar-refractivity contribution in [3.05, 3.63) is 69.5 Å². The quantitative estimate of drug-likeness (QED) is 0.583. The number of carbonyl (C=O) groups is 1. The van der Waals surface area contributed by atoms with Gasteiger partial charge in [-0.25, -0.2) is 18.0 Å². The molecule has 0 radical (unpaired) electrons. The molecule has 0 unspecified atom stereocenters. The van der Waals surface area contributed by atoms with E-state index in [0.717, 1.165) is 6.07 Å². The number of aromatic nitrogens is 1. The van der Waals surface area contributed by atoms with E-state index in [9.17, 15) is 22.8 Å². The maximum atomic E-state index is 13.6. The average Bonchev–Trinajstić information content (AvgIpc) is 2.83. The molecule has 1 N–H and O–H groups in total. The molecular formula is C14H6F3NO3. The van der Waals surface area contributed by atoms with Crippen molar-refractivity contribution < 1.29 is 22.4 Å². The molecular weight excluding hydrogens is 287 g/mol. The minimum atomic E-state index is -1.71. The maximum absolute atomic E-state index is 13.6. The van der Waals surface area contributed by atoms with E-state index < -0.39 is 34.6 Å². The summed E-state index contributed by atoms with van der Waals surface area (Å²) in [5.41, 5.74) is -0.155. The van der Waals surface area contributed by atoms with Gasteiger partial charge in [0, 0.05) is 5.56 Å². The number of hydrogen-bond acceptors (Lipinski definition) is 3. The largest absolute Gasteiger partial charge is 0.417 e. The summed E-state index contributed by atoms with van der Waals surface area (Å²) >= 11 is 0. The molecule has 0 aliphatic rings. The number of rotatable bonds is 2. The summed E-state index contributed by atoms with van der Waals surface area (Å²) < 4.78 is 44.4. The lowest BCUT2D eigenvalue weighted by Gasteiger charge is -2.04. The third-order valence-electron chi connectivity index (χ3n) is 2.96. The van der Waals surface area contributed by atoms with Gasteiger partial charge in [0.15, 0.2) is 28.8 Å². The van der Waals surface area contributed by atoms with Crippen molar-refractivity contribution in [2.24, 2.45) is 0 Å². The predicted octanol–water partition coefficient (Wildman–Crippen LogP) is 2.77. The van der Waals surface area contributed by atoms with Crippen molar-refractivity contribution >= 4 is 16.9 Å². The first-order chi connectivity index (χ1) is 9.97. The summed E-state index contributed by atoms with van der Waals surface area (Å²) in [5, 5.41) is 0. The van der Waals surface area contributed by atoms with E-state index in [-0.39, 0.29) is 11.1 Å². The van der Waals surface area contributed by atoms with Crippen LogP contribution in [0.15, 0.2) is 39.5 Å². The molecule has 0 fully saturated rings. The van der Waals surface area contributed by atoms with Gasteiger partial charge in [-0.3, -0.25) is 9.78 Å². The number of benzene rings is 2. The highest BCUT2D eigenvalue weighted by Gasteiger charge is 2.20. The number of hydrogen-bond donors (Lipinski definition) is 1. The molecule has 106 valence electrons. The Hall–Kier alpha value is -2.83. The van der Waals surface area contributed by atoms with Crippen molar-refractivity contribution in [2.75, 3.05) is 0 Å². The summed E-state index contributed by atoms with van der Waals surface area (Å²) in [6, 6.07) is 5.45. The minimum Gasteiger partial charge on any atom is -0.408 e. The molecule has 21 heavy (non-hydrogen) atoms. The second-order valence-corrected chi connectivity index (χ2v) is 4.28. The zero-order valence-electron chi connectivity index (χ0n) is 10.2. The van der Waals surface area contributed by atoms with Crippen LogP contribution in [0.1, 0.15) is 15.9 Å². The topological polar surface area (TPSA) is 63.1 Å². The van der Waals surface area contributed by atoms with Crippen LogP contribution in [0, 0.1) is 17.5 Å². The molecule has 0 amide bonds. The summed E-state index contributed by atoms with van der Waals surface area (Å²) in [4.78, 5) is 25.5. The molecule has 3 rings (SSSR count). The zero-order chi connectivity index (χ0) is 15.1. The fourth-order valence-electron chi connectivity index (χ4n) is 1.94. The summed E-state index contributed by atoms with van der Waals surface area (Å²) in [6.07, 6.45) is 0. The number of aromatic amines is 1. The molecule has 2 aromatic carbocycles. The van der Waals surface area contributed by atoms with Crippen molar-refractivity contribution in [1.29, 1.82) is 0 Å². The Morgan fingerprint density at radius 3 is 2.57 bits per heavy atom. The molecule has 1 heterocycles. The predicted molar refractivity (Wildman–Crippen MR) is 66.6 cm³/mol. The molecule has 0 saturated carbocycles. The number of nitrogens with one attached hydrogen (secondary N) is 1.